The molecule has 9 heavy (non-hydrogen) atoms. The highest BCUT2D eigenvalue weighted by molar-refractivity contribution is 5.11. The number of nitrogens with two attached hydrogens (primary N) is 1. The molecule has 0 aromatic carbocycles. The van der Waals surface area contributed by atoms with Crippen molar-refractivity contribution in [2.75, 3.05) is 13.1 Å². The Morgan fingerprint density at radius 2 is 2.33 bits per heavy atom. The molecule has 1 aliphatic carbocycles. The molecule has 2 bridgehead atoms. The molecular weight excluding hydrogens is 112 g/mol. The molecule has 0 radical (unpaired) electrons. The van der Waals surface area contributed by atoms with Gasteiger partial charge in [-0.3, -0.25) is 4.90 Å². The molecule has 3 aliphatic rings. The number of hydrogen-bond acceptors (Lipinski definition) is 2. The van der Waals surface area contributed by atoms with Crippen LogP contribution in [0.15, 0.2) is 0 Å². The summed E-state index contributed by atoms with van der Waals surface area (Å²) in [5.41, 5.74) is 6.20. The minimum Gasteiger partial charge on any atom is -0.324 e. The van der Waals surface area contributed by atoms with Crippen molar-refractivity contribution in [2.45, 2.75) is 31.3 Å². The molecule has 0 unspecified atom stereocenters. The number of nitrogens with zero attached hydrogens (tertiary/aromatic N) is 1. The highest BCUT2D eigenvalue weighted by atomic mass is 15.3. The third-order valence-corrected chi connectivity index (χ3v) is 2.72. The van der Waals surface area contributed by atoms with Gasteiger partial charge in [-0.05, 0) is 19.4 Å². The first-order chi connectivity index (χ1) is 4.23. The zero-order valence-corrected chi connectivity index (χ0v) is 5.93. The number of fused-ring (bicyclic) bond motifs is 1. The number of rotatable bonds is 1. The third-order valence-electron chi connectivity index (χ3n) is 2.72. The maximum atomic E-state index is 5.97. The van der Waals surface area contributed by atoms with E-state index < -0.39 is 0 Å². The Hall–Kier alpha value is -0.0800. The van der Waals surface area contributed by atoms with E-state index in [1.54, 1.807) is 0 Å². The number of likely N-dealkylation sites (N-methyl/N-ethyl adjacent to an activating group) is 1. The van der Waals surface area contributed by atoms with Crippen LogP contribution in [-0.2, 0) is 0 Å². The lowest BCUT2D eigenvalue weighted by atomic mass is 9.79. The molecule has 1 saturated carbocycles. The Kier molecular flexibility index (Phi) is 0.945. The van der Waals surface area contributed by atoms with Gasteiger partial charge in [0.2, 0.25) is 0 Å². The fourth-order valence-electron chi connectivity index (χ4n) is 2.17. The molecule has 2 nitrogen and oxygen atoms in total. The fourth-order valence-corrected chi connectivity index (χ4v) is 2.17. The van der Waals surface area contributed by atoms with Gasteiger partial charge in [-0.25, -0.2) is 0 Å². The van der Waals surface area contributed by atoms with E-state index in [1.165, 1.54) is 19.4 Å². The normalized spacial score (nSPS) is 49.3. The first-order valence-corrected chi connectivity index (χ1v) is 3.76. The van der Waals surface area contributed by atoms with Crippen molar-refractivity contribution in [3.63, 3.8) is 0 Å². The van der Waals surface area contributed by atoms with Crippen LogP contribution in [0.1, 0.15) is 19.8 Å². The Morgan fingerprint density at radius 1 is 1.67 bits per heavy atom. The van der Waals surface area contributed by atoms with E-state index in [0.717, 1.165) is 12.6 Å². The summed E-state index contributed by atoms with van der Waals surface area (Å²) in [5.74, 6) is 0. The van der Waals surface area contributed by atoms with Crippen LogP contribution in [0.2, 0.25) is 0 Å². The molecule has 2 heterocycles. The van der Waals surface area contributed by atoms with Gasteiger partial charge in [-0.15, -0.1) is 0 Å². The van der Waals surface area contributed by atoms with Crippen LogP contribution in [0.3, 0.4) is 0 Å². The molecule has 2 saturated heterocycles. The predicted octanol–water partition coefficient (Wildman–Crippen LogP) is 0.182. The highest BCUT2D eigenvalue weighted by Gasteiger charge is 2.51. The van der Waals surface area contributed by atoms with Crippen LogP contribution in [0.25, 0.3) is 0 Å². The molecule has 0 atom stereocenters. The van der Waals surface area contributed by atoms with Crippen molar-refractivity contribution in [3.05, 3.63) is 0 Å². The van der Waals surface area contributed by atoms with E-state index in [4.69, 9.17) is 5.73 Å². The van der Waals surface area contributed by atoms with Crippen LogP contribution in [0.5, 0.6) is 0 Å². The second kappa shape index (κ2) is 1.50. The van der Waals surface area contributed by atoms with Crippen molar-refractivity contribution in [1.29, 1.82) is 0 Å². The Labute approximate surface area is 56.0 Å². The molecule has 0 amide bonds. The van der Waals surface area contributed by atoms with Crippen molar-refractivity contribution in [1.82, 2.24) is 4.90 Å². The molecule has 0 spiro atoms. The lowest BCUT2D eigenvalue weighted by Crippen LogP contribution is -2.48. The minimum absolute atomic E-state index is 0.237. The highest BCUT2D eigenvalue weighted by Crippen LogP contribution is 2.41. The van der Waals surface area contributed by atoms with Gasteiger partial charge in [0, 0.05) is 18.1 Å². The van der Waals surface area contributed by atoms with Gasteiger partial charge in [-0.1, -0.05) is 6.92 Å². The zero-order valence-electron chi connectivity index (χ0n) is 5.93. The SMILES string of the molecule is CCN1CC2(N)CC1C2. The molecule has 52 valence electrons. The van der Waals surface area contributed by atoms with E-state index in [2.05, 4.69) is 11.8 Å². The van der Waals surface area contributed by atoms with Crippen molar-refractivity contribution < 1.29 is 0 Å². The summed E-state index contributed by atoms with van der Waals surface area (Å²) in [4.78, 5) is 2.49. The molecule has 2 aliphatic heterocycles. The number of hydrogen-bond donors (Lipinski definition) is 1. The van der Waals surface area contributed by atoms with Gasteiger partial charge in [0.15, 0.2) is 0 Å². The van der Waals surface area contributed by atoms with Crippen LogP contribution >= 0.6 is 0 Å². The first kappa shape index (κ1) is 5.69. The molecule has 0 aromatic rings. The molecule has 0 aromatic heterocycles. The van der Waals surface area contributed by atoms with E-state index in [0.29, 0.717) is 0 Å². The van der Waals surface area contributed by atoms with Crippen LogP contribution in [0.4, 0.5) is 0 Å². The largest absolute Gasteiger partial charge is 0.324 e. The summed E-state index contributed by atoms with van der Waals surface area (Å²) < 4.78 is 0. The van der Waals surface area contributed by atoms with Gasteiger partial charge in [-0.2, -0.15) is 0 Å². The summed E-state index contributed by atoms with van der Waals surface area (Å²) in [6, 6.07) is 0.847. The molecule has 2 N–H and O–H groups in total. The Morgan fingerprint density at radius 3 is 2.56 bits per heavy atom. The Bertz CT molecular complexity index is 127. The monoisotopic (exact) mass is 126 g/mol. The van der Waals surface area contributed by atoms with Gasteiger partial charge < -0.3 is 5.73 Å². The third kappa shape index (κ3) is 0.634. The molecule has 2 heteroatoms. The van der Waals surface area contributed by atoms with Crippen molar-refractivity contribution in [2.24, 2.45) is 5.73 Å². The Balaban J connectivity index is 2.06. The quantitative estimate of drug-likeness (QED) is 0.543. The van der Waals surface area contributed by atoms with E-state index in [1.807, 2.05) is 0 Å². The molecular formula is C7H14N2. The van der Waals surface area contributed by atoms with Crippen LogP contribution in [-0.4, -0.2) is 29.6 Å². The van der Waals surface area contributed by atoms with Gasteiger partial charge in [0.1, 0.15) is 0 Å². The van der Waals surface area contributed by atoms with Crippen LogP contribution < -0.4 is 5.73 Å². The van der Waals surface area contributed by atoms with Crippen LogP contribution in [0, 0.1) is 0 Å². The second-order valence-corrected chi connectivity index (χ2v) is 3.49. The lowest BCUT2D eigenvalue weighted by molar-refractivity contribution is 0.240. The first-order valence-electron chi connectivity index (χ1n) is 3.76. The summed E-state index contributed by atoms with van der Waals surface area (Å²) >= 11 is 0. The second-order valence-electron chi connectivity index (χ2n) is 3.49. The van der Waals surface area contributed by atoms with E-state index >= 15 is 0 Å². The summed E-state index contributed by atoms with van der Waals surface area (Å²) in [6.07, 6.45) is 2.50. The standard InChI is InChI=1S/C7H14N2/c1-2-9-5-7(8)3-6(9)4-7/h6H,2-5,8H2,1H3. The fraction of sp³-hybridized carbons (Fsp3) is 1.00. The van der Waals surface area contributed by atoms with E-state index in [9.17, 15) is 0 Å². The lowest BCUT2D eigenvalue weighted by Gasteiger charge is -2.33. The summed E-state index contributed by atoms with van der Waals surface area (Å²) in [5, 5.41) is 0. The maximum Gasteiger partial charge on any atom is 0.0313 e. The summed E-state index contributed by atoms with van der Waals surface area (Å²) in [7, 11) is 0. The maximum absolute atomic E-state index is 5.97. The minimum atomic E-state index is 0.237. The van der Waals surface area contributed by atoms with Gasteiger partial charge in [0.25, 0.3) is 0 Å². The summed E-state index contributed by atoms with van der Waals surface area (Å²) in [6.45, 7) is 4.54. The average molecular weight is 126 g/mol. The van der Waals surface area contributed by atoms with Crippen molar-refractivity contribution >= 4 is 0 Å². The predicted molar refractivity (Wildman–Crippen MR) is 37.2 cm³/mol. The topological polar surface area (TPSA) is 29.3 Å². The van der Waals surface area contributed by atoms with Gasteiger partial charge in [0.05, 0.1) is 0 Å². The van der Waals surface area contributed by atoms with Gasteiger partial charge >= 0.3 is 0 Å². The molecule has 3 fully saturated rings. The smallest absolute Gasteiger partial charge is 0.0313 e. The zero-order chi connectivity index (χ0) is 6.48. The average Bonchev–Trinajstić information content (AvgIpc) is 2.18. The van der Waals surface area contributed by atoms with E-state index in [-0.39, 0.29) is 5.54 Å². The van der Waals surface area contributed by atoms with Crippen molar-refractivity contribution in [3.8, 4) is 0 Å². The molecule has 3 rings (SSSR count).